The molecular weight excluding hydrogens is 356 g/mol. The number of carbonyl (C=O) groups excluding carboxylic acids is 2. The summed E-state index contributed by atoms with van der Waals surface area (Å²) < 4.78 is 11.2. The van der Waals surface area contributed by atoms with Crippen molar-refractivity contribution < 1.29 is 19.1 Å². The van der Waals surface area contributed by atoms with Gasteiger partial charge in [-0.2, -0.15) is 0 Å². The third-order valence-electron chi connectivity index (χ3n) is 5.22. The Balaban J connectivity index is 1.56. The van der Waals surface area contributed by atoms with Gasteiger partial charge in [-0.25, -0.2) is 0 Å². The van der Waals surface area contributed by atoms with Gasteiger partial charge in [0.15, 0.2) is 11.5 Å². The van der Waals surface area contributed by atoms with Crippen LogP contribution in [0.3, 0.4) is 0 Å². The maximum absolute atomic E-state index is 12.9. The zero-order chi connectivity index (χ0) is 19.5. The Morgan fingerprint density at radius 1 is 0.964 bits per heavy atom. The van der Waals surface area contributed by atoms with E-state index in [1.165, 1.54) is 0 Å². The molecule has 6 heteroatoms. The zero-order valence-corrected chi connectivity index (χ0v) is 15.9. The van der Waals surface area contributed by atoms with Gasteiger partial charge in [-0.3, -0.25) is 9.59 Å². The molecule has 0 unspecified atom stereocenters. The highest BCUT2D eigenvalue weighted by Gasteiger charge is 2.24. The number of anilines is 2. The van der Waals surface area contributed by atoms with Crippen LogP contribution in [0, 0.1) is 12.8 Å². The molecule has 28 heavy (non-hydrogen) atoms. The predicted octanol–water partition coefficient (Wildman–Crippen LogP) is 4.15. The summed E-state index contributed by atoms with van der Waals surface area (Å²) in [6.45, 7) is 2.82. The molecule has 146 valence electrons. The van der Waals surface area contributed by atoms with Crippen molar-refractivity contribution in [3.63, 3.8) is 0 Å². The molecule has 1 saturated carbocycles. The van der Waals surface area contributed by atoms with Crippen molar-refractivity contribution in [1.29, 1.82) is 0 Å². The molecule has 2 aromatic rings. The van der Waals surface area contributed by atoms with E-state index in [2.05, 4.69) is 10.6 Å². The molecule has 0 radical (unpaired) electrons. The smallest absolute Gasteiger partial charge is 0.259 e. The van der Waals surface area contributed by atoms with E-state index in [-0.39, 0.29) is 17.7 Å². The molecule has 1 fully saturated rings. The van der Waals surface area contributed by atoms with Crippen LogP contribution in [0.4, 0.5) is 11.4 Å². The first-order chi connectivity index (χ1) is 13.6. The Morgan fingerprint density at radius 2 is 1.75 bits per heavy atom. The molecule has 1 aliphatic heterocycles. The Labute approximate surface area is 164 Å². The maximum atomic E-state index is 12.9. The number of hydrogen-bond acceptors (Lipinski definition) is 4. The van der Waals surface area contributed by atoms with E-state index in [1.807, 2.05) is 25.1 Å². The molecule has 1 aliphatic carbocycles. The summed E-state index contributed by atoms with van der Waals surface area (Å²) in [5, 5.41) is 5.91. The Hall–Kier alpha value is -3.02. The fourth-order valence-corrected chi connectivity index (χ4v) is 3.74. The van der Waals surface area contributed by atoms with Gasteiger partial charge in [0.25, 0.3) is 5.91 Å². The van der Waals surface area contributed by atoms with Gasteiger partial charge in [0, 0.05) is 5.92 Å². The van der Waals surface area contributed by atoms with Crippen LogP contribution in [0.2, 0.25) is 0 Å². The maximum Gasteiger partial charge on any atom is 0.259 e. The van der Waals surface area contributed by atoms with Gasteiger partial charge in [0.05, 0.1) is 16.9 Å². The second-order valence-electron chi connectivity index (χ2n) is 7.30. The average molecular weight is 380 g/mol. The minimum atomic E-state index is -0.302. The van der Waals surface area contributed by atoms with Crippen molar-refractivity contribution in [1.82, 2.24) is 0 Å². The van der Waals surface area contributed by atoms with Crippen LogP contribution in [0.25, 0.3) is 0 Å². The molecule has 0 saturated heterocycles. The summed E-state index contributed by atoms with van der Waals surface area (Å²) in [7, 11) is 0. The van der Waals surface area contributed by atoms with Crippen LogP contribution in [0.5, 0.6) is 11.5 Å². The first-order valence-electron chi connectivity index (χ1n) is 9.73. The summed E-state index contributed by atoms with van der Waals surface area (Å²) in [4.78, 5) is 25.5. The minimum absolute atomic E-state index is 0.0191. The highest BCUT2D eigenvalue weighted by Crippen LogP contribution is 2.35. The Bertz CT molecular complexity index is 903. The van der Waals surface area contributed by atoms with E-state index in [0.717, 1.165) is 31.2 Å². The molecule has 0 atom stereocenters. The van der Waals surface area contributed by atoms with Gasteiger partial charge in [-0.1, -0.05) is 25.0 Å². The average Bonchev–Trinajstić information content (AvgIpc) is 3.24. The number of ether oxygens (including phenoxy) is 2. The Kier molecular flexibility index (Phi) is 5.19. The SMILES string of the molecule is Cc1ccc(NC(=O)C2CCCC2)c(NC(=O)c2cccc3c2OCCO3)c1. The van der Waals surface area contributed by atoms with Crippen molar-refractivity contribution in [2.75, 3.05) is 23.8 Å². The van der Waals surface area contributed by atoms with Crippen molar-refractivity contribution in [2.24, 2.45) is 5.92 Å². The lowest BCUT2D eigenvalue weighted by atomic mass is 10.1. The lowest BCUT2D eigenvalue weighted by Gasteiger charge is -2.21. The summed E-state index contributed by atoms with van der Waals surface area (Å²) >= 11 is 0. The summed E-state index contributed by atoms with van der Waals surface area (Å²) in [6, 6.07) is 10.9. The first-order valence-corrected chi connectivity index (χ1v) is 9.73. The lowest BCUT2D eigenvalue weighted by molar-refractivity contribution is -0.119. The summed E-state index contributed by atoms with van der Waals surface area (Å²) in [5.41, 5.74) is 2.58. The third kappa shape index (κ3) is 3.81. The van der Waals surface area contributed by atoms with Gasteiger partial charge in [-0.15, -0.1) is 0 Å². The number of hydrogen-bond donors (Lipinski definition) is 2. The van der Waals surface area contributed by atoms with Gasteiger partial charge in [-0.05, 0) is 49.6 Å². The summed E-state index contributed by atoms with van der Waals surface area (Å²) in [6.07, 6.45) is 4.04. The molecule has 2 amide bonds. The molecule has 4 rings (SSSR count). The molecule has 0 spiro atoms. The number of fused-ring (bicyclic) bond motifs is 1. The molecule has 0 bridgehead atoms. The van der Waals surface area contributed by atoms with Crippen molar-refractivity contribution >= 4 is 23.2 Å². The van der Waals surface area contributed by atoms with Crippen LogP contribution >= 0.6 is 0 Å². The number of amides is 2. The number of rotatable bonds is 4. The van der Waals surface area contributed by atoms with Gasteiger partial charge < -0.3 is 20.1 Å². The number of para-hydroxylation sites is 1. The fourth-order valence-electron chi connectivity index (χ4n) is 3.74. The number of nitrogens with one attached hydrogen (secondary N) is 2. The highest BCUT2D eigenvalue weighted by atomic mass is 16.6. The lowest BCUT2D eigenvalue weighted by Crippen LogP contribution is -2.23. The Morgan fingerprint density at radius 3 is 2.57 bits per heavy atom. The fraction of sp³-hybridized carbons (Fsp3) is 0.364. The van der Waals surface area contributed by atoms with E-state index in [9.17, 15) is 9.59 Å². The van der Waals surface area contributed by atoms with Gasteiger partial charge in [0.2, 0.25) is 5.91 Å². The summed E-state index contributed by atoms with van der Waals surface area (Å²) in [5.74, 6) is 0.792. The number of benzene rings is 2. The molecule has 0 aromatic heterocycles. The monoisotopic (exact) mass is 380 g/mol. The number of aryl methyl sites for hydroxylation is 1. The van der Waals surface area contributed by atoms with Crippen molar-refractivity contribution in [2.45, 2.75) is 32.6 Å². The van der Waals surface area contributed by atoms with Crippen LogP contribution in [-0.4, -0.2) is 25.0 Å². The van der Waals surface area contributed by atoms with Crippen LogP contribution < -0.4 is 20.1 Å². The minimum Gasteiger partial charge on any atom is -0.486 e. The second kappa shape index (κ2) is 7.92. The van der Waals surface area contributed by atoms with Crippen LogP contribution in [0.15, 0.2) is 36.4 Å². The normalized spacial score (nSPS) is 15.9. The largest absolute Gasteiger partial charge is 0.486 e. The van der Waals surface area contributed by atoms with Crippen LogP contribution in [0.1, 0.15) is 41.6 Å². The standard InChI is InChI=1S/C22H24N2O4/c1-14-9-10-17(23-21(25)15-5-2-3-6-15)18(13-14)24-22(26)16-7-4-8-19-20(16)28-12-11-27-19/h4,7-10,13,15H,2-3,5-6,11-12H2,1H3,(H,23,25)(H,24,26). The predicted molar refractivity (Wildman–Crippen MR) is 107 cm³/mol. The van der Waals surface area contributed by atoms with Crippen molar-refractivity contribution in [3.8, 4) is 11.5 Å². The quantitative estimate of drug-likeness (QED) is 0.835. The number of carbonyl (C=O) groups is 2. The molecule has 2 aliphatic rings. The van der Waals surface area contributed by atoms with Gasteiger partial charge in [0.1, 0.15) is 13.2 Å². The van der Waals surface area contributed by atoms with E-state index >= 15 is 0 Å². The molecule has 6 nitrogen and oxygen atoms in total. The zero-order valence-electron chi connectivity index (χ0n) is 15.9. The van der Waals surface area contributed by atoms with E-state index in [0.29, 0.717) is 41.7 Å². The van der Waals surface area contributed by atoms with E-state index < -0.39 is 0 Å². The first kappa shape index (κ1) is 18.3. The van der Waals surface area contributed by atoms with E-state index in [4.69, 9.17) is 9.47 Å². The van der Waals surface area contributed by atoms with E-state index in [1.54, 1.807) is 18.2 Å². The van der Waals surface area contributed by atoms with Crippen LogP contribution in [-0.2, 0) is 4.79 Å². The molecule has 2 aromatic carbocycles. The molecular formula is C22H24N2O4. The second-order valence-corrected chi connectivity index (χ2v) is 7.30. The van der Waals surface area contributed by atoms with Crippen molar-refractivity contribution in [3.05, 3.63) is 47.5 Å². The molecule has 1 heterocycles. The topological polar surface area (TPSA) is 76.7 Å². The third-order valence-corrected chi connectivity index (χ3v) is 5.22. The molecule has 2 N–H and O–H groups in total. The highest BCUT2D eigenvalue weighted by molar-refractivity contribution is 6.09. The van der Waals surface area contributed by atoms with Gasteiger partial charge >= 0.3 is 0 Å².